The molecular formula is C27H15F3N2O. The van der Waals surface area contributed by atoms with E-state index in [1.165, 1.54) is 12.1 Å². The third-order valence-electron chi connectivity index (χ3n) is 5.79. The largest absolute Gasteiger partial charge is 0.454 e. The van der Waals surface area contributed by atoms with Gasteiger partial charge >= 0.3 is 6.18 Å². The summed E-state index contributed by atoms with van der Waals surface area (Å²) >= 11 is 0. The number of furan rings is 1. The summed E-state index contributed by atoms with van der Waals surface area (Å²) in [6.45, 7) is 0. The second-order valence-corrected chi connectivity index (χ2v) is 7.87. The van der Waals surface area contributed by atoms with E-state index in [4.69, 9.17) is 4.42 Å². The Balaban J connectivity index is 1.61. The summed E-state index contributed by atoms with van der Waals surface area (Å²) in [5, 5.41) is 13.5. The van der Waals surface area contributed by atoms with E-state index in [2.05, 4.69) is 10.2 Å². The summed E-state index contributed by atoms with van der Waals surface area (Å²) in [5.74, 6) is 0.586. The molecular weight excluding hydrogens is 425 g/mol. The van der Waals surface area contributed by atoms with Crippen LogP contribution < -0.4 is 0 Å². The molecule has 6 heteroatoms. The van der Waals surface area contributed by atoms with E-state index < -0.39 is 11.7 Å². The van der Waals surface area contributed by atoms with Crippen molar-refractivity contribution >= 4 is 32.5 Å². The van der Waals surface area contributed by atoms with Crippen LogP contribution in [0.15, 0.2) is 95.4 Å². The third kappa shape index (κ3) is 3.31. The van der Waals surface area contributed by atoms with Crippen LogP contribution >= 0.6 is 0 Å². The molecule has 0 aliphatic carbocycles. The monoisotopic (exact) mass is 440 g/mol. The number of nitrogens with zero attached hydrogens (tertiary/aromatic N) is 2. The van der Waals surface area contributed by atoms with Gasteiger partial charge in [-0.3, -0.25) is 0 Å². The standard InChI is InChI=1S/C27H15F3N2O/c28-27(29,30)20-11-9-16(10-12-20)25-21-13-17-5-1-2-6-18(17)14-22(21)26(32-31-25)24-15-19-7-3-4-8-23(19)33-24/h1-15H. The lowest BCUT2D eigenvalue weighted by Gasteiger charge is -2.11. The molecule has 0 radical (unpaired) electrons. The van der Waals surface area contributed by atoms with E-state index in [1.54, 1.807) is 0 Å². The van der Waals surface area contributed by atoms with Crippen LogP contribution in [0.4, 0.5) is 13.2 Å². The van der Waals surface area contributed by atoms with Crippen molar-refractivity contribution in [2.75, 3.05) is 0 Å². The van der Waals surface area contributed by atoms with E-state index in [0.29, 0.717) is 22.7 Å². The first-order valence-electron chi connectivity index (χ1n) is 10.3. The molecule has 6 aromatic rings. The lowest BCUT2D eigenvalue weighted by molar-refractivity contribution is -0.137. The first kappa shape index (κ1) is 19.5. The molecule has 2 heterocycles. The molecule has 0 spiro atoms. The van der Waals surface area contributed by atoms with Gasteiger partial charge in [-0.05, 0) is 47.2 Å². The van der Waals surface area contributed by atoms with Crippen molar-refractivity contribution in [3.8, 4) is 22.7 Å². The first-order chi connectivity index (χ1) is 16.0. The molecule has 0 bridgehead atoms. The van der Waals surface area contributed by atoms with Gasteiger partial charge in [0.2, 0.25) is 0 Å². The highest BCUT2D eigenvalue weighted by Gasteiger charge is 2.30. The summed E-state index contributed by atoms with van der Waals surface area (Å²) in [6, 6.07) is 26.5. The van der Waals surface area contributed by atoms with Gasteiger partial charge in [0.1, 0.15) is 17.0 Å². The average Bonchev–Trinajstić information content (AvgIpc) is 3.26. The third-order valence-corrected chi connectivity index (χ3v) is 5.79. The lowest BCUT2D eigenvalue weighted by atomic mass is 9.98. The van der Waals surface area contributed by atoms with Crippen molar-refractivity contribution in [2.45, 2.75) is 6.18 Å². The van der Waals surface area contributed by atoms with Crippen LogP contribution in [0.25, 0.3) is 55.2 Å². The number of alkyl halides is 3. The highest BCUT2D eigenvalue weighted by molar-refractivity contribution is 6.08. The van der Waals surface area contributed by atoms with Crippen LogP contribution in [0, 0.1) is 0 Å². The first-order valence-corrected chi connectivity index (χ1v) is 10.3. The second kappa shape index (κ2) is 7.17. The molecule has 2 aromatic heterocycles. The summed E-state index contributed by atoms with van der Waals surface area (Å²) < 4.78 is 45.2. The molecule has 0 amide bonds. The van der Waals surface area contributed by atoms with Crippen LogP contribution in [0.3, 0.4) is 0 Å². The van der Waals surface area contributed by atoms with Crippen molar-refractivity contribution in [1.29, 1.82) is 0 Å². The molecule has 0 aliphatic heterocycles. The van der Waals surface area contributed by atoms with E-state index in [1.807, 2.05) is 66.7 Å². The zero-order valence-electron chi connectivity index (χ0n) is 17.1. The summed E-state index contributed by atoms with van der Waals surface area (Å²) in [5.41, 5.74) is 1.71. The molecule has 0 aliphatic rings. The highest BCUT2D eigenvalue weighted by atomic mass is 19.4. The van der Waals surface area contributed by atoms with Crippen molar-refractivity contribution in [2.24, 2.45) is 0 Å². The van der Waals surface area contributed by atoms with Crippen LogP contribution in [0.5, 0.6) is 0 Å². The Kier molecular flexibility index (Phi) is 4.23. The van der Waals surface area contributed by atoms with E-state index in [-0.39, 0.29) is 0 Å². The van der Waals surface area contributed by atoms with Gasteiger partial charge in [-0.1, -0.05) is 54.6 Å². The maximum atomic E-state index is 13.0. The number of hydrogen-bond acceptors (Lipinski definition) is 3. The minimum absolute atomic E-state index is 0.518. The van der Waals surface area contributed by atoms with E-state index >= 15 is 0 Å². The number of para-hydroxylation sites is 1. The fourth-order valence-corrected chi connectivity index (χ4v) is 4.15. The quantitative estimate of drug-likeness (QED) is 0.257. The normalized spacial score (nSPS) is 12.1. The molecule has 160 valence electrons. The van der Waals surface area contributed by atoms with Crippen molar-refractivity contribution in [1.82, 2.24) is 10.2 Å². The molecule has 3 nitrogen and oxygen atoms in total. The van der Waals surface area contributed by atoms with Crippen molar-refractivity contribution in [3.63, 3.8) is 0 Å². The van der Waals surface area contributed by atoms with Gasteiger partial charge in [-0.25, -0.2) is 0 Å². The van der Waals surface area contributed by atoms with Crippen molar-refractivity contribution in [3.05, 3.63) is 96.6 Å². The molecule has 4 aromatic carbocycles. The Labute approximate surface area is 186 Å². The van der Waals surface area contributed by atoms with Crippen LogP contribution in [-0.2, 0) is 6.18 Å². The van der Waals surface area contributed by atoms with Gasteiger partial charge in [0.25, 0.3) is 0 Å². The maximum Gasteiger partial charge on any atom is 0.416 e. The van der Waals surface area contributed by atoms with Gasteiger partial charge in [0.05, 0.1) is 5.56 Å². The zero-order valence-corrected chi connectivity index (χ0v) is 17.1. The van der Waals surface area contributed by atoms with Gasteiger partial charge < -0.3 is 4.42 Å². The van der Waals surface area contributed by atoms with Crippen LogP contribution in [0.2, 0.25) is 0 Å². The minimum Gasteiger partial charge on any atom is -0.454 e. The SMILES string of the molecule is FC(F)(F)c1ccc(-c2nnc(-c3cc4ccccc4o3)c3cc4ccccc4cc23)cc1. The Hall–Kier alpha value is -4.19. The van der Waals surface area contributed by atoms with Gasteiger partial charge in [-0.15, -0.1) is 10.2 Å². The smallest absolute Gasteiger partial charge is 0.416 e. The van der Waals surface area contributed by atoms with Crippen LogP contribution in [0.1, 0.15) is 5.56 Å². The molecule has 33 heavy (non-hydrogen) atoms. The number of fused-ring (bicyclic) bond motifs is 3. The molecule has 0 atom stereocenters. The molecule has 6 rings (SSSR count). The van der Waals surface area contributed by atoms with Gasteiger partial charge in [0, 0.05) is 21.7 Å². The van der Waals surface area contributed by atoms with Gasteiger partial charge in [0.15, 0.2) is 5.76 Å². The predicted molar refractivity (Wildman–Crippen MR) is 123 cm³/mol. The Morgan fingerprint density at radius 1 is 0.606 bits per heavy atom. The Morgan fingerprint density at radius 2 is 1.18 bits per heavy atom. The number of aromatic nitrogens is 2. The molecule has 0 saturated heterocycles. The Morgan fingerprint density at radius 3 is 1.82 bits per heavy atom. The molecule has 0 N–H and O–H groups in total. The van der Waals surface area contributed by atoms with E-state index in [9.17, 15) is 13.2 Å². The fourth-order valence-electron chi connectivity index (χ4n) is 4.15. The number of hydrogen-bond donors (Lipinski definition) is 0. The van der Waals surface area contributed by atoms with Crippen LogP contribution in [-0.4, -0.2) is 10.2 Å². The molecule has 0 saturated carbocycles. The Bertz CT molecular complexity index is 1620. The lowest BCUT2D eigenvalue weighted by Crippen LogP contribution is -2.04. The van der Waals surface area contributed by atoms with Gasteiger partial charge in [-0.2, -0.15) is 13.2 Å². The topological polar surface area (TPSA) is 38.9 Å². The molecule has 0 fully saturated rings. The average molecular weight is 440 g/mol. The summed E-state index contributed by atoms with van der Waals surface area (Å²) in [7, 11) is 0. The number of halogens is 3. The second-order valence-electron chi connectivity index (χ2n) is 7.87. The van der Waals surface area contributed by atoms with E-state index in [0.717, 1.165) is 44.6 Å². The maximum absolute atomic E-state index is 13.0. The summed E-state index contributed by atoms with van der Waals surface area (Å²) in [4.78, 5) is 0. The minimum atomic E-state index is -4.40. The summed E-state index contributed by atoms with van der Waals surface area (Å²) in [6.07, 6.45) is -4.40. The molecule has 0 unspecified atom stereocenters. The van der Waals surface area contributed by atoms with Crippen molar-refractivity contribution < 1.29 is 17.6 Å². The number of rotatable bonds is 2. The zero-order chi connectivity index (χ0) is 22.6. The number of benzene rings is 4. The fraction of sp³-hybridized carbons (Fsp3) is 0.0370. The highest BCUT2D eigenvalue weighted by Crippen LogP contribution is 2.38. The predicted octanol–water partition coefficient (Wildman–Crippen LogP) is 7.88.